The molecule has 2 aliphatic rings. The third-order valence-corrected chi connectivity index (χ3v) is 5.52. The van der Waals surface area contributed by atoms with Crippen molar-refractivity contribution in [2.75, 3.05) is 0 Å². The number of thiophene rings is 1. The van der Waals surface area contributed by atoms with Gasteiger partial charge in [-0.1, -0.05) is 0 Å². The molecule has 0 aromatic carbocycles. The number of carbonyl (C=O) groups is 1. The highest BCUT2D eigenvalue weighted by Gasteiger charge is 2.32. The van der Waals surface area contributed by atoms with Crippen molar-refractivity contribution in [3.05, 3.63) is 26.6 Å². The van der Waals surface area contributed by atoms with Crippen LogP contribution in [0.2, 0.25) is 0 Å². The summed E-state index contributed by atoms with van der Waals surface area (Å²) in [5, 5.41) is 9.94. The Morgan fingerprint density at radius 2 is 2.10 bits per heavy atom. The van der Waals surface area contributed by atoms with Gasteiger partial charge in [-0.05, 0) is 37.7 Å². The van der Waals surface area contributed by atoms with Gasteiger partial charge in [-0.15, -0.1) is 11.3 Å². The SMILES string of the molecule is O=C(O)C1CCc2nc3sc4c(c3c(=O)n21)CCCC4. The van der Waals surface area contributed by atoms with Gasteiger partial charge in [0.25, 0.3) is 5.56 Å². The molecule has 0 bridgehead atoms. The van der Waals surface area contributed by atoms with Gasteiger partial charge in [0.15, 0.2) is 0 Å². The third-order valence-electron chi connectivity index (χ3n) is 4.33. The van der Waals surface area contributed by atoms with Crippen LogP contribution in [0.3, 0.4) is 0 Å². The van der Waals surface area contributed by atoms with Crippen LogP contribution in [0.15, 0.2) is 4.79 Å². The molecule has 104 valence electrons. The molecule has 0 radical (unpaired) electrons. The van der Waals surface area contributed by atoms with E-state index in [4.69, 9.17) is 0 Å². The molecule has 0 amide bonds. The Balaban J connectivity index is 2.04. The third kappa shape index (κ3) is 1.51. The monoisotopic (exact) mass is 290 g/mol. The molecule has 5 nitrogen and oxygen atoms in total. The number of fused-ring (bicyclic) bond motifs is 4. The van der Waals surface area contributed by atoms with Crippen LogP contribution < -0.4 is 5.56 Å². The summed E-state index contributed by atoms with van der Waals surface area (Å²) in [6.07, 6.45) is 5.25. The predicted octanol–water partition coefficient (Wildman–Crippen LogP) is 1.91. The average molecular weight is 290 g/mol. The van der Waals surface area contributed by atoms with E-state index in [9.17, 15) is 14.7 Å². The van der Waals surface area contributed by atoms with Gasteiger partial charge in [-0.3, -0.25) is 9.36 Å². The van der Waals surface area contributed by atoms with Crippen LogP contribution in [0, 0.1) is 0 Å². The van der Waals surface area contributed by atoms with Crippen LogP contribution in [-0.2, 0) is 24.1 Å². The van der Waals surface area contributed by atoms with E-state index in [-0.39, 0.29) is 5.56 Å². The summed E-state index contributed by atoms with van der Waals surface area (Å²) in [5.74, 6) is -0.301. The van der Waals surface area contributed by atoms with E-state index in [1.807, 2.05) is 0 Å². The zero-order chi connectivity index (χ0) is 13.9. The molecular weight excluding hydrogens is 276 g/mol. The Morgan fingerprint density at radius 3 is 2.90 bits per heavy atom. The summed E-state index contributed by atoms with van der Waals surface area (Å²) in [5.41, 5.74) is 0.981. The molecule has 2 aromatic heterocycles. The minimum Gasteiger partial charge on any atom is -0.480 e. The number of aryl methyl sites for hydroxylation is 3. The number of nitrogens with zero attached hydrogens (tertiary/aromatic N) is 2. The Morgan fingerprint density at radius 1 is 1.30 bits per heavy atom. The molecule has 2 aromatic rings. The lowest BCUT2D eigenvalue weighted by molar-refractivity contribution is -0.140. The van der Waals surface area contributed by atoms with Gasteiger partial charge in [-0.2, -0.15) is 0 Å². The highest BCUT2D eigenvalue weighted by molar-refractivity contribution is 7.18. The molecule has 4 rings (SSSR count). The molecule has 20 heavy (non-hydrogen) atoms. The molecule has 0 fully saturated rings. The quantitative estimate of drug-likeness (QED) is 0.870. The summed E-state index contributed by atoms with van der Waals surface area (Å²) in [4.78, 5) is 30.7. The lowest BCUT2D eigenvalue weighted by Crippen LogP contribution is -2.28. The Labute approximate surface area is 118 Å². The lowest BCUT2D eigenvalue weighted by Gasteiger charge is -2.12. The molecule has 6 heteroatoms. The number of carboxylic acid groups (broad SMARTS) is 1. The average Bonchev–Trinajstić information content (AvgIpc) is 2.99. The zero-order valence-corrected chi connectivity index (χ0v) is 11.7. The van der Waals surface area contributed by atoms with Crippen LogP contribution in [-0.4, -0.2) is 20.6 Å². The minimum atomic E-state index is -0.934. The maximum atomic E-state index is 12.7. The maximum Gasteiger partial charge on any atom is 0.326 e. The highest BCUT2D eigenvalue weighted by atomic mass is 32.1. The topological polar surface area (TPSA) is 72.2 Å². The second kappa shape index (κ2) is 4.15. The van der Waals surface area contributed by atoms with Gasteiger partial charge >= 0.3 is 5.97 Å². The number of rotatable bonds is 1. The minimum absolute atomic E-state index is 0.144. The molecular formula is C14H14N2O3S. The summed E-state index contributed by atoms with van der Waals surface area (Å²) in [6, 6.07) is -0.742. The fourth-order valence-corrected chi connectivity index (χ4v) is 4.66. The molecule has 1 atom stereocenters. The summed E-state index contributed by atoms with van der Waals surface area (Å²) in [7, 11) is 0. The number of hydrogen-bond donors (Lipinski definition) is 1. The number of carboxylic acids is 1. The summed E-state index contributed by atoms with van der Waals surface area (Å²) < 4.78 is 1.41. The highest BCUT2D eigenvalue weighted by Crippen LogP contribution is 2.35. The Kier molecular flexibility index (Phi) is 2.51. The molecule has 0 saturated carbocycles. The van der Waals surface area contributed by atoms with Gasteiger partial charge in [0.2, 0.25) is 0 Å². The van der Waals surface area contributed by atoms with Crippen molar-refractivity contribution >= 4 is 27.5 Å². The van der Waals surface area contributed by atoms with E-state index in [0.29, 0.717) is 24.1 Å². The Bertz CT molecular complexity index is 790. The van der Waals surface area contributed by atoms with Crippen molar-refractivity contribution in [2.45, 2.75) is 44.6 Å². The summed E-state index contributed by atoms with van der Waals surface area (Å²) in [6.45, 7) is 0. The molecule has 1 aliphatic carbocycles. The van der Waals surface area contributed by atoms with Gasteiger partial charge in [0.1, 0.15) is 16.7 Å². The molecule has 1 N–H and O–H groups in total. The first-order chi connectivity index (χ1) is 9.66. The van der Waals surface area contributed by atoms with Gasteiger partial charge in [-0.25, -0.2) is 9.78 Å². The molecule has 1 unspecified atom stereocenters. The van der Waals surface area contributed by atoms with E-state index < -0.39 is 12.0 Å². The number of aromatic nitrogens is 2. The second-order valence-electron chi connectivity index (χ2n) is 5.49. The maximum absolute atomic E-state index is 12.7. The van der Waals surface area contributed by atoms with Crippen molar-refractivity contribution in [2.24, 2.45) is 0 Å². The van der Waals surface area contributed by atoms with Gasteiger partial charge in [0, 0.05) is 11.3 Å². The summed E-state index contributed by atoms with van der Waals surface area (Å²) >= 11 is 1.62. The normalized spacial score (nSPS) is 20.9. The molecule has 0 spiro atoms. The Hall–Kier alpha value is -1.69. The van der Waals surface area contributed by atoms with Crippen LogP contribution >= 0.6 is 11.3 Å². The van der Waals surface area contributed by atoms with Crippen LogP contribution in [0.1, 0.15) is 41.6 Å². The first-order valence-corrected chi connectivity index (χ1v) is 7.77. The van der Waals surface area contributed by atoms with E-state index in [2.05, 4.69) is 4.98 Å². The first kappa shape index (κ1) is 12.1. The number of hydrogen-bond acceptors (Lipinski definition) is 4. The van der Waals surface area contributed by atoms with Crippen LogP contribution in [0.4, 0.5) is 0 Å². The van der Waals surface area contributed by atoms with Crippen molar-refractivity contribution in [3.8, 4) is 0 Å². The van der Waals surface area contributed by atoms with Gasteiger partial charge in [0.05, 0.1) is 5.39 Å². The molecule has 3 heterocycles. The largest absolute Gasteiger partial charge is 0.480 e. The molecule has 1 aliphatic heterocycles. The predicted molar refractivity (Wildman–Crippen MR) is 75.5 cm³/mol. The van der Waals surface area contributed by atoms with Crippen molar-refractivity contribution in [3.63, 3.8) is 0 Å². The van der Waals surface area contributed by atoms with Crippen molar-refractivity contribution in [1.29, 1.82) is 0 Å². The van der Waals surface area contributed by atoms with Crippen LogP contribution in [0.25, 0.3) is 10.2 Å². The lowest BCUT2D eigenvalue weighted by atomic mass is 9.97. The standard InChI is InChI=1S/C14H14N2O3S/c17-13-11-7-3-1-2-4-9(7)20-12(11)15-10-6-5-8(14(18)19)16(10)13/h8H,1-6H2,(H,18,19). The van der Waals surface area contributed by atoms with Gasteiger partial charge < -0.3 is 5.11 Å². The van der Waals surface area contributed by atoms with Crippen LogP contribution in [0.5, 0.6) is 0 Å². The van der Waals surface area contributed by atoms with E-state index in [1.54, 1.807) is 11.3 Å². The van der Waals surface area contributed by atoms with Crippen molar-refractivity contribution in [1.82, 2.24) is 9.55 Å². The first-order valence-electron chi connectivity index (χ1n) is 6.95. The zero-order valence-electron chi connectivity index (χ0n) is 10.9. The number of aliphatic carboxylic acids is 1. The van der Waals surface area contributed by atoms with Crippen molar-refractivity contribution < 1.29 is 9.90 Å². The van der Waals surface area contributed by atoms with E-state index in [0.717, 1.165) is 29.7 Å². The smallest absolute Gasteiger partial charge is 0.326 e. The van der Waals surface area contributed by atoms with E-state index in [1.165, 1.54) is 15.9 Å². The fraction of sp³-hybridized carbons (Fsp3) is 0.500. The second-order valence-corrected chi connectivity index (χ2v) is 6.57. The fourth-order valence-electron chi connectivity index (χ4n) is 3.39. The molecule has 0 saturated heterocycles. The van der Waals surface area contributed by atoms with E-state index >= 15 is 0 Å².